The average Bonchev–Trinajstić information content (AvgIpc) is 2.17. The third-order valence-corrected chi connectivity index (χ3v) is 2.11. The maximum atomic E-state index is 11.0. The Kier molecular flexibility index (Phi) is 5.87. The van der Waals surface area contributed by atoms with Gasteiger partial charge in [0.1, 0.15) is 0 Å². The van der Waals surface area contributed by atoms with Gasteiger partial charge in [-0.15, -0.1) is 0 Å². The Morgan fingerprint density at radius 1 is 1.50 bits per heavy atom. The Labute approximate surface area is 84.4 Å². The second kappa shape index (κ2) is 6.37. The molecule has 5 nitrogen and oxygen atoms in total. The standard InChI is InChI=1S/C9H18N2O3/c1-7(5-9(13)14-4)11(3)6-8(12)10-2/h7H,5-6H2,1-4H3,(H,10,12). The normalized spacial score (nSPS) is 12.4. The summed E-state index contributed by atoms with van der Waals surface area (Å²) >= 11 is 0. The van der Waals surface area contributed by atoms with Crippen LogP contribution in [0.5, 0.6) is 0 Å². The summed E-state index contributed by atoms with van der Waals surface area (Å²) in [6.07, 6.45) is 0.296. The van der Waals surface area contributed by atoms with E-state index >= 15 is 0 Å². The maximum Gasteiger partial charge on any atom is 0.307 e. The van der Waals surface area contributed by atoms with Gasteiger partial charge in [0, 0.05) is 13.1 Å². The van der Waals surface area contributed by atoms with Gasteiger partial charge in [-0.1, -0.05) is 0 Å². The van der Waals surface area contributed by atoms with Gasteiger partial charge in [-0.05, 0) is 14.0 Å². The van der Waals surface area contributed by atoms with Crippen LogP contribution in [0.4, 0.5) is 0 Å². The number of carbonyl (C=O) groups excluding carboxylic acids is 2. The zero-order valence-corrected chi connectivity index (χ0v) is 9.16. The quantitative estimate of drug-likeness (QED) is 0.617. The monoisotopic (exact) mass is 202 g/mol. The summed E-state index contributed by atoms with van der Waals surface area (Å²) in [5.41, 5.74) is 0. The minimum absolute atomic E-state index is 0.000231. The summed E-state index contributed by atoms with van der Waals surface area (Å²) in [6.45, 7) is 2.16. The van der Waals surface area contributed by atoms with Crippen molar-refractivity contribution in [3.63, 3.8) is 0 Å². The number of ether oxygens (including phenoxy) is 1. The highest BCUT2D eigenvalue weighted by atomic mass is 16.5. The van der Waals surface area contributed by atoms with Gasteiger partial charge in [-0.3, -0.25) is 14.5 Å². The number of nitrogens with one attached hydrogen (secondary N) is 1. The van der Waals surface area contributed by atoms with Crippen LogP contribution in [0.2, 0.25) is 0 Å². The molecule has 1 unspecified atom stereocenters. The van der Waals surface area contributed by atoms with Crippen molar-refractivity contribution in [2.24, 2.45) is 0 Å². The molecule has 0 saturated heterocycles. The first-order chi connectivity index (χ1) is 6.51. The van der Waals surface area contributed by atoms with Crippen molar-refractivity contribution < 1.29 is 14.3 Å². The Morgan fingerprint density at radius 2 is 2.07 bits per heavy atom. The highest BCUT2D eigenvalue weighted by Crippen LogP contribution is 2.01. The highest BCUT2D eigenvalue weighted by molar-refractivity contribution is 5.77. The van der Waals surface area contributed by atoms with Crippen LogP contribution in [0.15, 0.2) is 0 Å². The largest absolute Gasteiger partial charge is 0.469 e. The molecule has 0 aliphatic heterocycles. The highest BCUT2D eigenvalue weighted by Gasteiger charge is 2.15. The van der Waals surface area contributed by atoms with Crippen molar-refractivity contribution >= 4 is 11.9 Å². The predicted octanol–water partition coefficient (Wildman–Crippen LogP) is -0.384. The van der Waals surface area contributed by atoms with Crippen molar-refractivity contribution in [2.75, 3.05) is 27.7 Å². The summed E-state index contributed by atoms with van der Waals surface area (Å²) < 4.78 is 4.54. The molecule has 1 N–H and O–H groups in total. The second-order valence-electron chi connectivity index (χ2n) is 3.22. The van der Waals surface area contributed by atoms with Crippen LogP contribution >= 0.6 is 0 Å². The number of hydrogen-bond acceptors (Lipinski definition) is 4. The van der Waals surface area contributed by atoms with E-state index in [1.165, 1.54) is 7.11 Å². The summed E-state index contributed by atoms with van der Waals surface area (Å²) in [4.78, 5) is 23.7. The molecular formula is C9H18N2O3. The SMILES string of the molecule is CNC(=O)CN(C)C(C)CC(=O)OC. The van der Waals surface area contributed by atoms with E-state index in [0.717, 1.165) is 0 Å². The molecule has 14 heavy (non-hydrogen) atoms. The molecule has 82 valence electrons. The van der Waals surface area contributed by atoms with E-state index in [9.17, 15) is 9.59 Å². The summed E-state index contributed by atoms with van der Waals surface area (Å²) in [6, 6.07) is -0.000231. The molecule has 1 atom stereocenters. The third kappa shape index (κ3) is 4.81. The van der Waals surface area contributed by atoms with Gasteiger partial charge in [-0.25, -0.2) is 0 Å². The molecule has 0 saturated carbocycles. The van der Waals surface area contributed by atoms with Crippen LogP contribution in [0.3, 0.4) is 0 Å². The fraction of sp³-hybridized carbons (Fsp3) is 0.778. The number of hydrogen-bond donors (Lipinski definition) is 1. The van der Waals surface area contributed by atoms with Crippen LogP contribution < -0.4 is 5.32 Å². The molecule has 5 heteroatoms. The van der Waals surface area contributed by atoms with Gasteiger partial charge in [0.2, 0.25) is 5.91 Å². The molecule has 0 aromatic heterocycles. The molecule has 1 amide bonds. The number of methoxy groups -OCH3 is 1. The molecule has 0 aromatic rings. The molecule has 0 heterocycles. The van der Waals surface area contributed by atoms with Gasteiger partial charge < -0.3 is 10.1 Å². The number of nitrogens with zero attached hydrogens (tertiary/aromatic N) is 1. The van der Waals surface area contributed by atoms with Crippen molar-refractivity contribution in [2.45, 2.75) is 19.4 Å². The van der Waals surface area contributed by atoms with E-state index in [0.29, 0.717) is 6.42 Å². The predicted molar refractivity (Wildman–Crippen MR) is 52.8 cm³/mol. The number of rotatable bonds is 5. The summed E-state index contributed by atoms with van der Waals surface area (Å²) in [5.74, 6) is -0.328. The van der Waals surface area contributed by atoms with Crippen LogP contribution in [0.1, 0.15) is 13.3 Å². The van der Waals surface area contributed by atoms with Gasteiger partial charge in [0.15, 0.2) is 0 Å². The van der Waals surface area contributed by atoms with Gasteiger partial charge >= 0.3 is 5.97 Å². The molecule has 0 spiro atoms. The Hall–Kier alpha value is -1.10. The lowest BCUT2D eigenvalue weighted by Gasteiger charge is -2.22. The molecule has 0 aliphatic carbocycles. The number of amides is 1. The molecule has 0 bridgehead atoms. The molecule has 0 aromatic carbocycles. The third-order valence-electron chi connectivity index (χ3n) is 2.11. The number of likely N-dealkylation sites (N-methyl/N-ethyl adjacent to an activating group) is 2. The van der Waals surface area contributed by atoms with Crippen molar-refractivity contribution in [3.8, 4) is 0 Å². The van der Waals surface area contributed by atoms with E-state index < -0.39 is 0 Å². The van der Waals surface area contributed by atoms with Crippen LogP contribution in [-0.2, 0) is 14.3 Å². The molecule has 0 fully saturated rings. The molecule has 0 rings (SSSR count). The average molecular weight is 202 g/mol. The van der Waals surface area contributed by atoms with E-state index in [1.54, 1.807) is 19.0 Å². The number of carbonyl (C=O) groups is 2. The van der Waals surface area contributed by atoms with Crippen molar-refractivity contribution in [1.29, 1.82) is 0 Å². The van der Waals surface area contributed by atoms with Crippen LogP contribution in [-0.4, -0.2) is 50.6 Å². The minimum Gasteiger partial charge on any atom is -0.469 e. The summed E-state index contributed by atoms with van der Waals surface area (Å²) in [7, 11) is 4.73. The topological polar surface area (TPSA) is 58.6 Å². The van der Waals surface area contributed by atoms with Crippen LogP contribution in [0, 0.1) is 0 Å². The zero-order chi connectivity index (χ0) is 11.1. The first-order valence-electron chi connectivity index (χ1n) is 4.48. The summed E-state index contributed by atoms with van der Waals surface area (Å²) in [5, 5.41) is 2.52. The van der Waals surface area contributed by atoms with Gasteiger partial charge in [0.05, 0.1) is 20.1 Å². The molecule has 0 aliphatic rings. The van der Waals surface area contributed by atoms with Gasteiger partial charge in [-0.2, -0.15) is 0 Å². The van der Waals surface area contributed by atoms with E-state index in [2.05, 4.69) is 10.1 Å². The lowest BCUT2D eigenvalue weighted by Crippen LogP contribution is -2.39. The van der Waals surface area contributed by atoms with Crippen LogP contribution in [0.25, 0.3) is 0 Å². The first-order valence-corrected chi connectivity index (χ1v) is 4.48. The smallest absolute Gasteiger partial charge is 0.307 e. The Bertz CT molecular complexity index is 184. The Morgan fingerprint density at radius 3 is 2.50 bits per heavy atom. The lowest BCUT2D eigenvalue weighted by molar-refractivity contribution is -0.142. The number of esters is 1. The first kappa shape index (κ1) is 12.9. The van der Waals surface area contributed by atoms with E-state index in [-0.39, 0.29) is 24.5 Å². The van der Waals surface area contributed by atoms with E-state index in [1.807, 2.05) is 6.92 Å². The van der Waals surface area contributed by atoms with E-state index in [4.69, 9.17) is 0 Å². The maximum absolute atomic E-state index is 11.0. The van der Waals surface area contributed by atoms with Crippen molar-refractivity contribution in [3.05, 3.63) is 0 Å². The fourth-order valence-corrected chi connectivity index (χ4v) is 0.942. The molecule has 0 radical (unpaired) electrons. The lowest BCUT2D eigenvalue weighted by atomic mass is 10.2. The molecular weight excluding hydrogens is 184 g/mol. The second-order valence-corrected chi connectivity index (χ2v) is 3.22. The minimum atomic E-state index is -0.263. The fourth-order valence-electron chi connectivity index (χ4n) is 0.942. The van der Waals surface area contributed by atoms with Gasteiger partial charge in [0.25, 0.3) is 0 Å². The van der Waals surface area contributed by atoms with Crippen molar-refractivity contribution in [1.82, 2.24) is 10.2 Å². The Balaban J connectivity index is 3.92. The zero-order valence-electron chi connectivity index (χ0n) is 9.16.